The Labute approximate surface area is 129 Å². The Hall–Kier alpha value is -0.860. The van der Waals surface area contributed by atoms with Gasteiger partial charge in [0, 0.05) is 18.6 Å². The average Bonchev–Trinajstić information content (AvgIpc) is 2.58. The maximum Gasteiger partial charge on any atom is 0.0512 e. The van der Waals surface area contributed by atoms with Crippen LogP contribution in [-0.2, 0) is 4.74 Å². The van der Waals surface area contributed by atoms with E-state index in [-0.39, 0.29) is 0 Å². The molecule has 1 saturated heterocycles. The molecule has 1 N–H and O–H groups in total. The fourth-order valence-electron chi connectivity index (χ4n) is 4.11. The molecule has 0 radical (unpaired) electrons. The van der Waals surface area contributed by atoms with Crippen LogP contribution in [0.4, 0.5) is 0 Å². The van der Waals surface area contributed by atoms with Gasteiger partial charge in [-0.2, -0.15) is 0 Å². The Morgan fingerprint density at radius 2 is 1.76 bits per heavy atom. The third-order valence-corrected chi connectivity index (χ3v) is 5.35. The molecule has 2 unspecified atom stereocenters. The molecule has 1 aliphatic heterocycles. The summed E-state index contributed by atoms with van der Waals surface area (Å²) in [6.07, 6.45) is 9.48. The second kappa shape index (κ2) is 7.42. The number of rotatable bonds is 4. The van der Waals surface area contributed by atoms with E-state index in [4.69, 9.17) is 4.74 Å². The smallest absolute Gasteiger partial charge is 0.0512 e. The van der Waals surface area contributed by atoms with Crippen LogP contribution in [0, 0.1) is 5.92 Å². The topological polar surface area (TPSA) is 21.3 Å². The van der Waals surface area contributed by atoms with E-state index in [1.807, 2.05) is 0 Å². The first-order chi connectivity index (χ1) is 10.4. The summed E-state index contributed by atoms with van der Waals surface area (Å²) >= 11 is 0. The minimum absolute atomic E-state index is 0.436. The van der Waals surface area contributed by atoms with E-state index in [2.05, 4.69) is 36.6 Å². The first kappa shape index (κ1) is 15.1. The van der Waals surface area contributed by atoms with Gasteiger partial charge in [0.2, 0.25) is 0 Å². The van der Waals surface area contributed by atoms with Crippen molar-refractivity contribution in [2.24, 2.45) is 5.92 Å². The molecule has 21 heavy (non-hydrogen) atoms. The molecule has 0 amide bonds. The van der Waals surface area contributed by atoms with Crippen molar-refractivity contribution in [3.05, 3.63) is 35.4 Å². The molecular weight excluding hydrogens is 258 g/mol. The predicted octanol–water partition coefficient (Wildman–Crippen LogP) is 4.42. The monoisotopic (exact) mass is 287 g/mol. The van der Waals surface area contributed by atoms with Gasteiger partial charge in [0.05, 0.1) is 6.61 Å². The summed E-state index contributed by atoms with van der Waals surface area (Å²) in [5, 5.41) is 3.51. The largest absolute Gasteiger partial charge is 0.381 e. The van der Waals surface area contributed by atoms with E-state index in [0.717, 1.165) is 19.1 Å². The predicted molar refractivity (Wildman–Crippen MR) is 87.6 cm³/mol. The molecule has 2 aliphatic rings. The van der Waals surface area contributed by atoms with Gasteiger partial charge in [-0.1, -0.05) is 43.5 Å². The van der Waals surface area contributed by atoms with Gasteiger partial charge in [-0.25, -0.2) is 0 Å². The van der Waals surface area contributed by atoms with Crippen molar-refractivity contribution < 1.29 is 4.74 Å². The van der Waals surface area contributed by atoms with Crippen molar-refractivity contribution in [1.82, 2.24) is 5.32 Å². The molecule has 1 saturated carbocycles. The molecule has 0 spiro atoms. The quantitative estimate of drug-likeness (QED) is 0.885. The van der Waals surface area contributed by atoms with Gasteiger partial charge < -0.3 is 10.1 Å². The van der Waals surface area contributed by atoms with Gasteiger partial charge in [0.1, 0.15) is 0 Å². The van der Waals surface area contributed by atoms with Crippen LogP contribution in [0.25, 0.3) is 0 Å². The van der Waals surface area contributed by atoms with E-state index in [1.54, 1.807) is 5.56 Å². The molecule has 0 aromatic heterocycles. The first-order valence-corrected chi connectivity index (χ1v) is 8.73. The van der Waals surface area contributed by atoms with Crippen molar-refractivity contribution >= 4 is 0 Å². The number of ether oxygens (including phenoxy) is 1. The van der Waals surface area contributed by atoms with Crippen LogP contribution in [0.15, 0.2) is 24.3 Å². The number of hydrogen-bond donors (Lipinski definition) is 1. The zero-order chi connectivity index (χ0) is 14.5. The maximum atomic E-state index is 5.67. The van der Waals surface area contributed by atoms with Crippen molar-refractivity contribution in [3.63, 3.8) is 0 Å². The van der Waals surface area contributed by atoms with Crippen molar-refractivity contribution in [2.45, 2.75) is 56.9 Å². The van der Waals surface area contributed by atoms with Gasteiger partial charge in [0.15, 0.2) is 0 Å². The Bertz CT molecular complexity index is 416. The van der Waals surface area contributed by atoms with Crippen molar-refractivity contribution in [2.75, 3.05) is 20.3 Å². The molecule has 116 valence electrons. The second-order valence-electron chi connectivity index (χ2n) is 6.75. The third kappa shape index (κ3) is 3.67. The summed E-state index contributed by atoms with van der Waals surface area (Å²) in [5.41, 5.74) is 2.97. The summed E-state index contributed by atoms with van der Waals surface area (Å²) in [4.78, 5) is 0. The van der Waals surface area contributed by atoms with Crippen LogP contribution in [-0.4, -0.2) is 20.3 Å². The molecule has 2 atom stereocenters. The van der Waals surface area contributed by atoms with Crippen molar-refractivity contribution in [1.29, 1.82) is 0 Å². The summed E-state index contributed by atoms with van der Waals surface area (Å²) < 4.78 is 5.67. The van der Waals surface area contributed by atoms with Gasteiger partial charge in [0.25, 0.3) is 0 Å². The number of nitrogens with one attached hydrogen (secondary N) is 1. The zero-order valence-electron chi connectivity index (χ0n) is 13.3. The normalized spacial score (nSPS) is 25.7. The number of benzene rings is 1. The fraction of sp³-hybridized carbons (Fsp3) is 0.684. The van der Waals surface area contributed by atoms with Gasteiger partial charge in [-0.3, -0.25) is 0 Å². The molecule has 2 fully saturated rings. The summed E-state index contributed by atoms with van der Waals surface area (Å²) in [5.74, 6) is 1.42. The minimum atomic E-state index is 0.436. The van der Waals surface area contributed by atoms with Gasteiger partial charge in [-0.05, 0) is 49.8 Å². The Morgan fingerprint density at radius 3 is 2.38 bits per heavy atom. The van der Waals surface area contributed by atoms with E-state index in [9.17, 15) is 0 Å². The molecule has 1 aromatic rings. The van der Waals surface area contributed by atoms with Crippen LogP contribution in [0.3, 0.4) is 0 Å². The molecule has 2 nitrogen and oxygen atoms in total. The van der Waals surface area contributed by atoms with Crippen LogP contribution in [0.2, 0.25) is 0 Å². The lowest BCUT2D eigenvalue weighted by Gasteiger charge is -2.30. The molecule has 1 aromatic carbocycles. The molecule has 1 aliphatic carbocycles. The van der Waals surface area contributed by atoms with Crippen LogP contribution >= 0.6 is 0 Å². The molecule has 0 bridgehead atoms. The maximum absolute atomic E-state index is 5.67. The minimum Gasteiger partial charge on any atom is -0.381 e. The Balaban J connectivity index is 1.69. The zero-order valence-corrected chi connectivity index (χ0v) is 13.3. The lowest BCUT2D eigenvalue weighted by molar-refractivity contribution is 0.0402. The highest BCUT2D eigenvalue weighted by atomic mass is 16.5. The highest BCUT2D eigenvalue weighted by Crippen LogP contribution is 2.34. The Morgan fingerprint density at radius 1 is 1.00 bits per heavy atom. The van der Waals surface area contributed by atoms with E-state index in [1.165, 1.54) is 50.5 Å². The third-order valence-electron chi connectivity index (χ3n) is 5.35. The molecule has 3 rings (SSSR count). The average molecular weight is 287 g/mol. The van der Waals surface area contributed by atoms with E-state index < -0.39 is 0 Å². The Kier molecular flexibility index (Phi) is 5.32. The van der Waals surface area contributed by atoms with Gasteiger partial charge in [-0.15, -0.1) is 0 Å². The van der Waals surface area contributed by atoms with Gasteiger partial charge >= 0.3 is 0 Å². The summed E-state index contributed by atoms with van der Waals surface area (Å²) in [6, 6.07) is 9.88. The second-order valence-corrected chi connectivity index (χ2v) is 6.75. The summed E-state index contributed by atoms with van der Waals surface area (Å²) in [6.45, 7) is 1.84. The SMILES string of the molecule is CNC(c1ccc(C2CCCCC2)cc1)C1CCCOC1. The molecule has 2 heteroatoms. The van der Waals surface area contributed by atoms with Crippen LogP contribution in [0.1, 0.15) is 68.0 Å². The van der Waals surface area contributed by atoms with E-state index >= 15 is 0 Å². The lowest BCUT2D eigenvalue weighted by Crippen LogP contribution is -2.31. The highest BCUT2D eigenvalue weighted by Gasteiger charge is 2.24. The van der Waals surface area contributed by atoms with Crippen LogP contribution in [0.5, 0.6) is 0 Å². The first-order valence-electron chi connectivity index (χ1n) is 8.73. The summed E-state index contributed by atoms with van der Waals surface area (Å²) in [7, 11) is 2.08. The fourth-order valence-corrected chi connectivity index (χ4v) is 4.11. The van der Waals surface area contributed by atoms with Crippen LogP contribution < -0.4 is 5.32 Å². The lowest BCUT2D eigenvalue weighted by atomic mass is 9.83. The number of hydrogen-bond acceptors (Lipinski definition) is 2. The molecule has 1 heterocycles. The van der Waals surface area contributed by atoms with Crippen molar-refractivity contribution in [3.8, 4) is 0 Å². The highest BCUT2D eigenvalue weighted by molar-refractivity contribution is 5.28. The molecular formula is C19H29NO. The standard InChI is InChI=1S/C19H29NO/c1-20-19(18-8-5-13-21-14-18)17-11-9-16(10-12-17)15-6-3-2-4-7-15/h9-12,15,18-20H,2-8,13-14H2,1H3. The van der Waals surface area contributed by atoms with E-state index in [0.29, 0.717) is 12.0 Å².